The molecule has 0 saturated heterocycles. The number of fused-ring (bicyclic) bond motifs is 3. The van der Waals surface area contributed by atoms with E-state index in [0.717, 1.165) is 0 Å². The van der Waals surface area contributed by atoms with Gasteiger partial charge in [0.05, 0.1) is 17.2 Å². The molecule has 1 saturated carbocycles. The lowest BCUT2D eigenvalue weighted by molar-refractivity contribution is -0.170. The lowest BCUT2D eigenvalue weighted by atomic mass is 9.56. The van der Waals surface area contributed by atoms with E-state index < -0.39 is 64.2 Å². The third-order valence-electron chi connectivity index (χ3n) is 8.58. The third kappa shape index (κ3) is 3.76. The number of aromatic hydroxyl groups is 1. The Kier molecular flexibility index (Phi) is 6.74. The van der Waals surface area contributed by atoms with Crippen molar-refractivity contribution >= 4 is 17.4 Å². The smallest absolute Gasteiger partial charge is 0.253 e. The number of nitrogens with two attached hydrogens (primary N) is 1. The molecular weight excluding hydrogens is 521 g/mol. The van der Waals surface area contributed by atoms with E-state index in [1.165, 1.54) is 19.2 Å². The molecule has 40 heavy (non-hydrogen) atoms. The van der Waals surface area contributed by atoms with Gasteiger partial charge in [0.25, 0.3) is 5.91 Å². The van der Waals surface area contributed by atoms with Gasteiger partial charge >= 0.3 is 0 Å². The zero-order chi connectivity index (χ0) is 29.3. The number of ketones is 1. The van der Waals surface area contributed by atoms with Gasteiger partial charge in [-0.25, -0.2) is 4.39 Å². The van der Waals surface area contributed by atoms with Crippen LogP contribution in [0.4, 0.5) is 4.39 Å². The number of carbonyl (C=O) groups excluding carboxylic acids is 2. The number of aliphatic hydroxyl groups excluding tert-OH is 3. The number of rotatable bonds is 4. The SMILES string of the molecule is CNC(=O)C1=C(O)[C@@H](N(C)C)[C@@H]2C[C@@H]3Cc4c(-c5ccc(F)cc5)cc(CN)c(O)c4C(O)=C3C(=O)[C@]2(O)C1O. The normalized spacial score (nSPS) is 27.9. The van der Waals surface area contributed by atoms with Crippen molar-refractivity contribution in [3.8, 4) is 16.9 Å². The van der Waals surface area contributed by atoms with Crippen LogP contribution >= 0.6 is 0 Å². The van der Waals surface area contributed by atoms with Crippen molar-refractivity contribution in [1.29, 1.82) is 0 Å². The van der Waals surface area contributed by atoms with Crippen LogP contribution in [0.25, 0.3) is 16.9 Å². The number of hydrogen-bond donors (Lipinski definition) is 7. The molecule has 5 atom stereocenters. The fourth-order valence-corrected chi connectivity index (χ4v) is 6.70. The Morgan fingerprint density at radius 1 is 1.20 bits per heavy atom. The number of nitrogens with one attached hydrogen (secondary N) is 1. The zero-order valence-electron chi connectivity index (χ0n) is 22.3. The summed E-state index contributed by atoms with van der Waals surface area (Å²) in [5.74, 6) is -5.35. The van der Waals surface area contributed by atoms with Crippen molar-refractivity contribution in [3.63, 3.8) is 0 Å². The van der Waals surface area contributed by atoms with E-state index in [1.807, 2.05) is 0 Å². The lowest BCUT2D eigenvalue weighted by Gasteiger charge is -2.53. The van der Waals surface area contributed by atoms with Crippen LogP contribution in [0.1, 0.15) is 23.1 Å². The fraction of sp³-hybridized carbons (Fsp3) is 0.379. The van der Waals surface area contributed by atoms with Gasteiger partial charge in [-0.1, -0.05) is 12.1 Å². The number of aliphatic hydroxyl groups is 4. The first kappa shape index (κ1) is 27.8. The summed E-state index contributed by atoms with van der Waals surface area (Å²) in [7, 11) is 4.52. The largest absolute Gasteiger partial charge is 0.510 e. The Balaban J connectivity index is 1.74. The maximum atomic E-state index is 14.1. The van der Waals surface area contributed by atoms with Crippen molar-refractivity contribution in [2.75, 3.05) is 21.1 Å². The van der Waals surface area contributed by atoms with Crippen LogP contribution in [0.5, 0.6) is 5.75 Å². The van der Waals surface area contributed by atoms with E-state index in [4.69, 9.17) is 5.73 Å². The molecule has 11 heteroatoms. The number of Topliss-reactive ketones (excluding diaryl/α,β-unsaturated/α-hetero) is 1. The van der Waals surface area contributed by atoms with E-state index in [1.54, 1.807) is 37.2 Å². The quantitative estimate of drug-likeness (QED) is 0.294. The minimum Gasteiger partial charge on any atom is -0.510 e. The highest BCUT2D eigenvalue weighted by Crippen LogP contribution is 2.54. The second-order valence-corrected chi connectivity index (χ2v) is 10.8. The van der Waals surface area contributed by atoms with Crippen LogP contribution in [-0.4, -0.2) is 81.0 Å². The van der Waals surface area contributed by atoms with Gasteiger partial charge in [0.1, 0.15) is 29.2 Å². The standard InChI is InChI=1S/C29H32FN3O7/c1-32-28(39)21-25(36)22(33(2)3)18-10-13-8-17-16(12-4-6-15(30)7-5-12)9-14(11-31)23(34)20(17)24(35)19(13)26(37)29(18,40)27(21)38/h4-7,9,13,18,22,27,34-36,38,40H,8,10-11,31H2,1-3H3,(H,32,39)/t13-,18-,22-,27?,29-/m0/s1. The number of hydrogen-bond acceptors (Lipinski definition) is 9. The molecule has 0 heterocycles. The molecule has 5 rings (SSSR count). The molecule has 2 aromatic carbocycles. The van der Waals surface area contributed by atoms with Crippen molar-refractivity contribution < 1.29 is 39.5 Å². The Labute approximate surface area is 229 Å². The van der Waals surface area contributed by atoms with Crippen molar-refractivity contribution in [2.45, 2.75) is 37.1 Å². The summed E-state index contributed by atoms with van der Waals surface area (Å²) in [4.78, 5) is 28.3. The first-order chi connectivity index (χ1) is 18.9. The average molecular weight is 554 g/mol. The van der Waals surface area contributed by atoms with Crippen LogP contribution in [0.3, 0.4) is 0 Å². The van der Waals surface area contributed by atoms with E-state index in [9.17, 15) is 39.5 Å². The van der Waals surface area contributed by atoms with Crippen LogP contribution in [-0.2, 0) is 22.6 Å². The minimum absolute atomic E-state index is 0.0247. The summed E-state index contributed by atoms with van der Waals surface area (Å²) in [6.45, 7) is -0.0951. The zero-order valence-corrected chi connectivity index (χ0v) is 22.3. The molecule has 2 aromatic rings. The molecule has 0 bridgehead atoms. The molecule has 3 aliphatic rings. The molecule has 1 unspecified atom stereocenters. The van der Waals surface area contributed by atoms with Crippen LogP contribution in [0.15, 0.2) is 47.2 Å². The van der Waals surface area contributed by atoms with Gasteiger partial charge in [-0.15, -0.1) is 0 Å². The number of likely N-dealkylation sites (N-methyl/N-ethyl adjacent to an activating group) is 2. The molecule has 0 spiro atoms. The molecule has 3 aliphatic carbocycles. The molecule has 0 aliphatic heterocycles. The maximum absolute atomic E-state index is 14.1. The molecule has 8 N–H and O–H groups in total. The first-order valence-corrected chi connectivity index (χ1v) is 12.9. The van der Waals surface area contributed by atoms with Crippen molar-refractivity contribution in [1.82, 2.24) is 10.2 Å². The highest BCUT2D eigenvalue weighted by Gasteiger charge is 2.64. The Bertz CT molecular complexity index is 1480. The monoisotopic (exact) mass is 553 g/mol. The summed E-state index contributed by atoms with van der Waals surface area (Å²) in [5.41, 5.74) is 4.56. The lowest BCUT2D eigenvalue weighted by Crippen LogP contribution is -2.68. The highest BCUT2D eigenvalue weighted by atomic mass is 19.1. The second-order valence-electron chi connectivity index (χ2n) is 10.8. The molecule has 0 radical (unpaired) electrons. The van der Waals surface area contributed by atoms with Crippen LogP contribution < -0.4 is 11.1 Å². The Morgan fingerprint density at radius 2 is 1.85 bits per heavy atom. The van der Waals surface area contributed by atoms with E-state index in [2.05, 4.69) is 5.32 Å². The number of phenolic OH excluding ortho intramolecular Hbond substituents is 1. The van der Waals surface area contributed by atoms with E-state index >= 15 is 0 Å². The summed E-state index contributed by atoms with van der Waals surface area (Å²) >= 11 is 0. The Morgan fingerprint density at radius 3 is 2.42 bits per heavy atom. The van der Waals surface area contributed by atoms with Crippen molar-refractivity contribution in [2.24, 2.45) is 17.6 Å². The Hall–Kier alpha value is -3.77. The van der Waals surface area contributed by atoms with Gasteiger partial charge in [-0.05, 0) is 67.7 Å². The number of phenols is 1. The van der Waals surface area contributed by atoms with Gasteiger partial charge in [-0.2, -0.15) is 0 Å². The second kappa shape index (κ2) is 9.70. The van der Waals surface area contributed by atoms with Crippen LogP contribution in [0.2, 0.25) is 0 Å². The maximum Gasteiger partial charge on any atom is 0.253 e. The number of carbonyl (C=O) groups is 2. The van der Waals surface area contributed by atoms with E-state index in [-0.39, 0.29) is 41.8 Å². The summed E-state index contributed by atoms with van der Waals surface area (Å²) in [5, 5.41) is 59.1. The molecule has 212 valence electrons. The number of nitrogens with zero attached hydrogens (tertiary/aromatic N) is 1. The number of benzene rings is 2. The molecular formula is C29H32FN3O7. The first-order valence-electron chi connectivity index (χ1n) is 12.9. The van der Waals surface area contributed by atoms with Crippen molar-refractivity contribution in [3.05, 3.63) is 69.7 Å². The van der Waals surface area contributed by atoms with Gasteiger partial charge in [0, 0.05) is 30.6 Å². The summed E-state index contributed by atoms with van der Waals surface area (Å²) < 4.78 is 13.7. The average Bonchev–Trinajstić information content (AvgIpc) is 2.91. The summed E-state index contributed by atoms with van der Waals surface area (Å²) in [6.07, 6.45) is -1.88. The minimum atomic E-state index is -2.55. The topological polar surface area (TPSA) is 177 Å². The van der Waals surface area contributed by atoms with E-state index in [0.29, 0.717) is 16.7 Å². The van der Waals surface area contributed by atoms with Crippen LogP contribution in [0, 0.1) is 17.7 Å². The van der Waals surface area contributed by atoms with Gasteiger partial charge in [-0.3, -0.25) is 14.5 Å². The summed E-state index contributed by atoms with van der Waals surface area (Å²) in [6, 6.07) is 6.36. The van der Waals surface area contributed by atoms with Gasteiger partial charge in [0.15, 0.2) is 11.4 Å². The van der Waals surface area contributed by atoms with Gasteiger partial charge in [0.2, 0.25) is 0 Å². The van der Waals surface area contributed by atoms with Gasteiger partial charge < -0.3 is 36.6 Å². The third-order valence-corrected chi connectivity index (χ3v) is 8.58. The molecule has 0 aromatic heterocycles. The predicted octanol–water partition coefficient (Wildman–Crippen LogP) is 1.28. The molecule has 10 nitrogen and oxygen atoms in total. The molecule has 1 amide bonds. The number of halogens is 1. The predicted molar refractivity (Wildman–Crippen MR) is 143 cm³/mol. The molecule has 1 fully saturated rings. The number of amides is 1. The fourth-order valence-electron chi connectivity index (χ4n) is 6.70. The highest BCUT2D eigenvalue weighted by molar-refractivity contribution is 6.11.